The molecule has 2 aliphatic rings. The quantitative estimate of drug-likeness (QED) is 0.782. The molecule has 7 heteroatoms. The standard InChI is InChI=1S/C22H27N3O4/c1-4-29-17-13-22(20(27)28,21(17,2)3)23-19(26)18-15-11-8-12-16(15)25(24-18)14-9-6-5-7-10-14/h5-7,9-10,17H,4,8,11-13H2,1-3H3,(H,23,26)(H,27,28). The van der Waals surface area contributed by atoms with Crippen LogP contribution < -0.4 is 5.32 Å². The van der Waals surface area contributed by atoms with Crippen molar-refractivity contribution in [3.05, 3.63) is 47.3 Å². The Bertz CT molecular complexity index is 950. The molecule has 0 radical (unpaired) electrons. The number of carbonyl (C=O) groups excluding carboxylic acids is 1. The van der Waals surface area contributed by atoms with Crippen molar-refractivity contribution < 1.29 is 19.4 Å². The van der Waals surface area contributed by atoms with Gasteiger partial charge in [-0.25, -0.2) is 9.48 Å². The van der Waals surface area contributed by atoms with E-state index in [1.54, 1.807) is 0 Å². The molecule has 1 saturated carbocycles. The fraction of sp³-hybridized carbons (Fsp3) is 0.500. The minimum absolute atomic E-state index is 0.212. The summed E-state index contributed by atoms with van der Waals surface area (Å²) < 4.78 is 7.51. The first-order chi connectivity index (χ1) is 13.8. The van der Waals surface area contributed by atoms with Crippen LogP contribution in [0.1, 0.15) is 55.4 Å². The van der Waals surface area contributed by atoms with E-state index in [2.05, 4.69) is 10.4 Å². The molecule has 7 nitrogen and oxygen atoms in total. The Labute approximate surface area is 170 Å². The lowest BCUT2D eigenvalue weighted by Gasteiger charge is -2.58. The van der Waals surface area contributed by atoms with Crippen molar-refractivity contribution >= 4 is 11.9 Å². The number of rotatable bonds is 6. The Balaban J connectivity index is 1.66. The predicted molar refractivity (Wildman–Crippen MR) is 107 cm³/mol. The number of hydrogen-bond acceptors (Lipinski definition) is 4. The van der Waals surface area contributed by atoms with E-state index in [-0.39, 0.29) is 12.5 Å². The normalized spacial score (nSPS) is 24.6. The molecule has 29 heavy (non-hydrogen) atoms. The number of ether oxygens (including phenoxy) is 1. The first kappa shape index (κ1) is 19.6. The van der Waals surface area contributed by atoms with Crippen molar-refractivity contribution in [3.8, 4) is 5.69 Å². The molecule has 1 fully saturated rings. The fourth-order valence-electron chi connectivity index (χ4n) is 4.69. The highest BCUT2D eigenvalue weighted by atomic mass is 16.5. The molecule has 0 spiro atoms. The third kappa shape index (κ3) is 2.87. The largest absolute Gasteiger partial charge is 0.479 e. The highest BCUT2D eigenvalue weighted by Gasteiger charge is 2.66. The highest BCUT2D eigenvalue weighted by Crippen LogP contribution is 2.51. The minimum Gasteiger partial charge on any atom is -0.479 e. The molecule has 0 aliphatic heterocycles. The maximum Gasteiger partial charge on any atom is 0.330 e. The number of benzene rings is 1. The summed E-state index contributed by atoms with van der Waals surface area (Å²) in [4.78, 5) is 25.4. The van der Waals surface area contributed by atoms with Gasteiger partial charge in [-0.05, 0) is 38.3 Å². The van der Waals surface area contributed by atoms with E-state index < -0.39 is 22.8 Å². The van der Waals surface area contributed by atoms with Crippen LogP contribution in [0.25, 0.3) is 5.69 Å². The average molecular weight is 397 g/mol. The van der Waals surface area contributed by atoms with Gasteiger partial charge < -0.3 is 15.2 Å². The summed E-state index contributed by atoms with van der Waals surface area (Å²) in [5, 5.41) is 17.4. The van der Waals surface area contributed by atoms with Crippen molar-refractivity contribution in [1.82, 2.24) is 15.1 Å². The van der Waals surface area contributed by atoms with Crippen LogP contribution >= 0.6 is 0 Å². The molecule has 1 aromatic carbocycles. The molecule has 1 aromatic heterocycles. The van der Waals surface area contributed by atoms with Crippen LogP contribution in [-0.2, 0) is 22.4 Å². The number of aliphatic carboxylic acids is 1. The van der Waals surface area contributed by atoms with Crippen LogP contribution in [-0.4, -0.2) is 45.0 Å². The van der Waals surface area contributed by atoms with E-state index in [4.69, 9.17) is 4.74 Å². The Hall–Kier alpha value is -2.67. The predicted octanol–water partition coefficient (Wildman–Crippen LogP) is 2.75. The van der Waals surface area contributed by atoms with E-state index in [0.717, 1.165) is 36.2 Å². The molecule has 1 heterocycles. The second-order valence-corrected chi connectivity index (χ2v) is 8.41. The lowest BCUT2D eigenvalue weighted by atomic mass is 9.54. The van der Waals surface area contributed by atoms with Gasteiger partial charge in [0.2, 0.25) is 0 Å². The lowest BCUT2D eigenvalue weighted by Crippen LogP contribution is -2.76. The first-order valence-corrected chi connectivity index (χ1v) is 10.2. The first-order valence-electron chi connectivity index (χ1n) is 10.2. The molecule has 2 atom stereocenters. The number of nitrogens with zero attached hydrogens (tertiary/aromatic N) is 2. The third-order valence-electron chi connectivity index (χ3n) is 6.60. The van der Waals surface area contributed by atoms with Crippen LogP contribution in [0, 0.1) is 5.41 Å². The SMILES string of the molecule is CCOC1CC(NC(=O)c2nn(-c3ccccc3)c3c2CCC3)(C(=O)O)C1(C)C. The third-order valence-corrected chi connectivity index (χ3v) is 6.60. The van der Waals surface area contributed by atoms with Crippen LogP contribution in [0.4, 0.5) is 0 Å². The van der Waals surface area contributed by atoms with E-state index in [1.165, 1.54) is 0 Å². The summed E-state index contributed by atoms with van der Waals surface area (Å²) in [7, 11) is 0. The molecule has 2 aromatic rings. The highest BCUT2D eigenvalue weighted by molar-refractivity contribution is 5.98. The molecule has 1 amide bonds. The van der Waals surface area contributed by atoms with Crippen LogP contribution in [0.3, 0.4) is 0 Å². The monoisotopic (exact) mass is 397 g/mol. The molecular weight excluding hydrogens is 370 g/mol. The zero-order chi connectivity index (χ0) is 20.8. The fourth-order valence-corrected chi connectivity index (χ4v) is 4.69. The second kappa shape index (κ2) is 6.99. The number of fused-ring (bicyclic) bond motifs is 1. The molecule has 2 aliphatic carbocycles. The molecule has 2 unspecified atom stereocenters. The van der Waals surface area contributed by atoms with Crippen LogP contribution in [0.5, 0.6) is 0 Å². The summed E-state index contributed by atoms with van der Waals surface area (Å²) in [6.45, 7) is 6.05. The van der Waals surface area contributed by atoms with E-state index in [1.807, 2.05) is 55.8 Å². The topological polar surface area (TPSA) is 93.5 Å². The van der Waals surface area contributed by atoms with Gasteiger partial charge in [0, 0.05) is 29.7 Å². The Morgan fingerprint density at radius 3 is 2.62 bits per heavy atom. The number of nitrogens with one attached hydrogen (secondary N) is 1. The number of amides is 1. The summed E-state index contributed by atoms with van der Waals surface area (Å²) in [6, 6.07) is 9.71. The van der Waals surface area contributed by atoms with Gasteiger partial charge in [0.05, 0.1) is 11.8 Å². The summed E-state index contributed by atoms with van der Waals surface area (Å²) in [6.07, 6.45) is 2.62. The van der Waals surface area contributed by atoms with Crippen molar-refractivity contribution in [2.24, 2.45) is 5.41 Å². The van der Waals surface area contributed by atoms with E-state index in [9.17, 15) is 14.7 Å². The maximum atomic E-state index is 13.2. The number of para-hydroxylation sites is 1. The van der Waals surface area contributed by atoms with E-state index >= 15 is 0 Å². The van der Waals surface area contributed by atoms with Crippen LogP contribution in [0.15, 0.2) is 30.3 Å². The maximum absolute atomic E-state index is 13.2. The van der Waals surface area contributed by atoms with Gasteiger partial charge in [-0.2, -0.15) is 5.10 Å². The number of carboxylic acid groups (broad SMARTS) is 1. The van der Waals surface area contributed by atoms with Gasteiger partial charge in [0.15, 0.2) is 5.69 Å². The number of aromatic nitrogens is 2. The molecule has 4 rings (SSSR count). The zero-order valence-electron chi connectivity index (χ0n) is 17.1. The number of hydrogen-bond donors (Lipinski definition) is 2. The lowest BCUT2D eigenvalue weighted by molar-refractivity contribution is -0.190. The summed E-state index contributed by atoms with van der Waals surface area (Å²) in [5.41, 5.74) is 1.09. The van der Waals surface area contributed by atoms with Crippen molar-refractivity contribution in [2.45, 2.75) is 58.1 Å². The second-order valence-electron chi connectivity index (χ2n) is 8.41. The Morgan fingerprint density at radius 1 is 1.28 bits per heavy atom. The number of carbonyl (C=O) groups is 2. The Kier molecular flexibility index (Phi) is 4.73. The molecule has 2 N–H and O–H groups in total. The van der Waals surface area contributed by atoms with Gasteiger partial charge in [0.1, 0.15) is 5.54 Å². The van der Waals surface area contributed by atoms with Gasteiger partial charge in [-0.1, -0.05) is 32.0 Å². The van der Waals surface area contributed by atoms with Gasteiger partial charge >= 0.3 is 5.97 Å². The Morgan fingerprint density at radius 2 is 2.00 bits per heavy atom. The minimum atomic E-state index is -1.37. The smallest absolute Gasteiger partial charge is 0.330 e. The molecule has 154 valence electrons. The van der Waals surface area contributed by atoms with Gasteiger partial charge in [-0.3, -0.25) is 4.79 Å². The average Bonchev–Trinajstić information content (AvgIpc) is 3.30. The summed E-state index contributed by atoms with van der Waals surface area (Å²) in [5.74, 6) is -1.46. The molecular formula is C22H27N3O4. The molecule has 0 bridgehead atoms. The zero-order valence-corrected chi connectivity index (χ0v) is 17.1. The van der Waals surface area contributed by atoms with Crippen molar-refractivity contribution in [2.75, 3.05) is 6.61 Å². The summed E-state index contributed by atoms with van der Waals surface area (Å²) >= 11 is 0. The molecule has 0 saturated heterocycles. The van der Waals surface area contributed by atoms with Gasteiger partial charge in [-0.15, -0.1) is 0 Å². The van der Waals surface area contributed by atoms with Crippen molar-refractivity contribution in [3.63, 3.8) is 0 Å². The van der Waals surface area contributed by atoms with Gasteiger partial charge in [0.25, 0.3) is 5.91 Å². The van der Waals surface area contributed by atoms with E-state index in [0.29, 0.717) is 12.3 Å². The number of carboxylic acids is 1. The van der Waals surface area contributed by atoms with Crippen molar-refractivity contribution in [1.29, 1.82) is 0 Å². The van der Waals surface area contributed by atoms with Crippen LogP contribution in [0.2, 0.25) is 0 Å².